The number of aliphatic imine (C=N–C) groups is 2. The van der Waals surface area contributed by atoms with Gasteiger partial charge in [0.1, 0.15) is 11.6 Å². The molecule has 0 atom stereocenters. The van der Waals surface area contributed by atoms with Gasteiger partial charge < -0.3 is 10.1 Å². The van der Waals surface area contributed by atoms with Gasteiger partial charge in [0.25, 0.3) is 0 Å². The lowest BCUT2D eigenvalue weighted by Gasteiger charge is -2.10. The molecule has 0 aliphatic carbocycles. The van der Waals surface area contributed by atoms with Gasteiger partial charge in [0, 0.05) is 28.0 Å². The zero-order chi connectivity index (χ0) is 17.9. The van der Waals surface area contributed by atoms with Crippen LogP contribution in [-0.2, 0) is 0 Å². The molecule has 5 nitrogen and oxygen atoms in total. The summed E-state index contributed by atoms with van der Waals surface area (Å²) < 4.78 is 6.22. The van der Waals surface area contributed by atoms with Crippen molar-refractivity contribution < 1.29 is 4.74 Å². The van der Waals surface area contributed by atoms with Gasteiger partial charge in [0.05, 0.1) is 18.5 Å². The normalized spacial score (nSPS) is 13.0. The van der Waals surface area contributed by atoms with Gasteiger partial charge in [0.15, 0.2) is 5.84 Å². The molecular weight excluding hydrogens is 392 g/mol. The van der Waals surface area contributed by atoms with E-state index < -0.39 is 0 Å². The van der Waals surface area contributed by atoms with E-state index in [1.807, 2.05) is 54.6 Å². The smallest absolute Gasteiger partial charge is 0.162 e. The first-order valence-corrected chi connectivity index (χ1v) is 8.81. The molecule has 1 N–H and O–H groups in total. The number of fused-ring (bicyclic) bond motifs is 1. The lowest BCUT2D eigenvalue weighted by atomic mass is 10.2. The Kier molecular flexibility index (Phi) is 4.50. The number of ether oxygens (including phenoxy) is 1. The summed E-state index contributed by atoms with van der Waals surface area (Å²) in [6.45, 7) is 0. The molecule has 0 saturated carbocycles. The minimum atomic E-state index is 0.631. The number of halogens is 1. The maximum Gasteiger partial charge on any atom is 0.162 e. The summed E-state index contributed by atoms with van der Waals surface area (Å²) in [4.78, 5) is 13.6. The number of benzene rings is 2. The summed E-state index contributed by atoms with van der Waals surface area (Å²) in [6, 6.07) is 17.5. The third-order valence-electron chi connectivity index (χ3n) is 3.96. The van der Waals surface area contributed by atoms with Crippen LogP contribution in [0.3, 0.4) is 0 Å². The molecule has 0 unspecified atom stereocenters. The van der Waals surface area contributed by atoms with Crippen molar-refractivity contribution in [1.82, 2.24) is 4.98 Å². The van der Waals surface area contributed by atoms with Gasteiger partial charge in [-0.25, -0.2) is 9.98 Å². The van der Waals surface area contributed by atoms with Crippen LogP contribution in [0.4, 0.5) is 11.4 Å². The topological polar surface area (TPSA) is 58.9 Å². The summed E-state index contributed by atoms with van der Waals surface area (Å²) in [7, 11) is 1.65. The van der Waals surface area contributed by atoms with Crippen LogP contribution < -0.4 is 10.1 Å². The molecule has 0 radical (unpaired) electrons. The Labute approximate surface area is 159 Å². The van der Waals surface area contributed by atoms with Crippen LogP contribution in [0.25, 0.3) is 0 Å². The molecule has 1 aliphatic rings. The Balaban J connectivity index is 1.85. The van der Waals surface area contributed by atoms with E-state index in [0.717, 1.165) is 38.6 Å². The SMILES string of the molecule is COc1ccc(C2=NC(c3ccncc3)=Nc3ccc(Br)cc3N2)cc1. The van der Waals surface area contributed by atoms with Gasteiger partial charge in [-0.15, -0.1) is 0 Å². The predicted molar refractivity (Wildman–Crippen MR) is 108 cm³/mol. The van der Waals surface area contributed by atoms with Crippen LogP contribution in [0.1, 0.15) is 11.1 Å². The summed E-state index contributed by atoms with van der Waals surface area (Å²) in [5.41, 5.74) is 3.56. The van der Waals surface area contributed by atoms with Gasteiger partial charge in [-0.3, -0.25) is 4.98 Å². The number of hydrogen-bond acceptors (Lipinski definition) is 5. The maximum absolute atomic E-state index is 5.25. The van der Waals surface area contributed by atoms with Gasteiger partial charge in [-0.2, -0.15) is 0 Å². The molecule has 6 heteroatoms. The molecule has 4 rings (SSSR count). The summed E-state index contributed by atoms with van der Waals surface area (Å²) >= 11 is 3.52. The van der Waals surface area contributed by atoms with Crippen molar-refractivity contribution in [2.45, 2.75) is 0 Å². The van der Waals surface area contributed by atoms with E-state index in [-0.39, 0.29) is 0 Å². The van der Waals surface area contributed by atoms with E-state index in [1.54, 1.807) is 19.5 Å². The third-order valence-corrected chi connectivity index (χ3v) is 4.45. The van der Waals surface area contributed by atoms with Crippen LogP contribution in [0.2, 0.25) is 0 Å². The first kappa shape index (κ1) is 16.5. The molecule has 128 valence electrons. The largest absolute Gasteiger partial charge is 0.497 e. The Morgan fingerprint density at radius 1 is 0.885 bits per heavy atom. The van der Waals surface area contributed by atoms with Crippen LogP contribution in [0.15, 0.2) is 81.4 Å². The van der Waals surface area contributed by atoms with Gasteiger partial charge in [0.2, 0.25) is 0 Å². The quantitative estimate of drug-likeness (QED) is 0.679. The molecule has 0 spiro atoms. The Hall–Kier alpha value is -2.99. The second-order valence-corrected chi connectivity index (χ2v) is 6.56. The zero-order valence-corrected chi connectivity index (χ0v) is 15.6. The molecular formula is C20H15BrN4O. The van der Waals surface area contributed by atoms with Crippen molar-refractivity contribution in [1.29, 1.82) is 0 Å². The number of rotatable bonds is 3. The highest BCUT2D eigenvalue weighted by Gasteiger charge is 2.15. The molecule has 0 bridgehead atoms. The van der Waals surface area contributed by atoms with Crippen molar-refractivity contribution in [2.75, 3.05) is 12.4 Å². The standard InChI is InChI=1S/C20H15BrN4O/c1-26-16-5-2-13(3-6-16)19-24-18-12-15(21)4-7-17(18)23-20(25-19)14-8-10-22-11-9-14/h2-12H,1H3,(H,23,24,25). The number of amidine groups is 2. The fourth-order valence-electron chi connectivity index (χ4n) is 2.62. The number of nitrogens with one attached hydrogen (secondary N) is 1. The van der Waals surface area contributed by atoms with Crippen LogP contribution in [0.5, 0.6) is 5.75 Å². The van der Waals surface area contributed by atoms with Crippen molar-refractivity contribution in [3.63, 3.8) is 0 Å². The summed E-state index contributed by atoms with van der Waals surface area (Å²) in [6.07, 6.45) is 3.47. The highest BCUT2D eigenvalue weighted by atomic mass is 79.9. The van der Waals surface area contributed by atoms with Gasteiger partial charge >= 0.3 is 0 Å². The van der Waals surface area contributed by atoms with Gasteiger partial charge in [-0.1, -0.05) is 15.9 Å². The molecule has 0 amide bonds. The highest BCUT2D eigenvalue weighted by molar-refractivity contribution is 9.10. The summed E-state index contributed by atoms with van der Waals surface area (Å²) in [5.74, 6) is 2.15. The molecule has 3 aromatic rings. The lowest BCUT2D eigenvalue weighted by Crippen LogP contribution is -2.15. The van der Waals surface area contributed by atoms with E-state index in [2.05, 4.69) is 26.2 Å². The number of anilines is 1. The Morgan fingerprint density at radius 2 is 1.65 bits per heavy atom. The number of nitrogens with zero attached hydrogens (tertiary/aromatic N) is 3. The van der Waals surface area contributed by atoms with Gasteiger partial charge in [-0.05, 0) is 54.6 Å². The average Bonchev–Trinajstić information content (AvgIpc) is 2.88. The molecule has 0 saturated heterocycles. The highest BCUT2D eigenvalue weighted by Crippen LogP contribution is 2.32. The first-order chi connectivity index (χ1) is 12.7. The van der Waals surface area contributed by atoms with E-state index in [4.69, 9.17) is 14.7 Å². The lowest BCUT2D eigenvalue weighted by molar-refractivity contribution is 0.415. The Morgan fingerprint density at radius 3 is 2.38 bits per heavy atom. The van der Waals surface area contributed by atoms with E-state index in [0.29, 0.717) is 5.84 Å². The van der Waals surface area contributed by atoms with E-state index >= 15 is 0 Å². The van der Waals surface area contributed by atoms with Crippen LogP contribution in [0, 0.1) is 0 Å². The number of methoxy groups -OCH3 is 1. The fraction of sp³-hybridized carbons (Fsp3) is 0.0500. The zero-order valence-electron chi connectivity index (χ0n) is 14.0. The van der Waals surface area contributed by atoms with Crippen molar-refractivity contribution >= 4 is 39.0 Å². The third kappa shape index (κ3) is 3.36. The molecule has 1 aromatic heterocycles. The number of hydrogen-bond donors (Lipinski definition) is 1. The van der Waals surface area contributed by atoms with Crippen molar-refractivity contribution in [3.8, 4) is 5.75 Å². The van der Waals surface area contributed by atoms with E-state index in [9.17, 15) is 0 Å². The molecule has 2 aromatic carbocycles. The molecule has 2 heterocycles. The maximum atomic E-state index is 5.25. The van der Waals surface area contributed by atoms with E-state index in [1.165, 1.54) is 0 Å². The molecule has 0 fully saturated rings. The minimum absolute atomic E-state index is 0.631. The number of aromatic nitrogens is 1. The van der Waals surface area contributed by atoms with Crippen LogP contribution in [-0.4, -0.2) is 23.8 Å². The molecule has 1 aliphatic heterocycles. The summed E-state index contributed by atoms with van der Waals surface area (Å²) in [5, 5.41) is 3.40. The second-order valence-electron chi connectivity index (χ2n) is 5.65. The van der Waals surface area contributed by atoms with Crippen LogP contribution >= 0.6 is 15.9 Å². The first-order valence-electron chi connectivity index (χ1n) is 8.02. The molecule has 26 heavy (non-hydrogen) atoms. The monoisotopic (exact) mass is 406 g/mol. The second kappa shape index (κ2) is 7.09. The number of pyridine rings is 1. The fourth-order valence-corrected chi connectivity index (χ4v) is 2.98. The predicted octanol–water partition coefficient (Wildman–Crippen LogP) is 4.80. The minimum Gasteiger partial charge on any atom is -0.497 e. The Bertz CT molecular complexity index is 998. The average molecular weight is 407 g/mol. The van der Waals surface area contributed by atoms with Crippen molar-refractivity contribution in [2.24, 2.45) is 9.98 Å². The van der Waals surface area contributed by atoms with Crippen molar-refractivity contribution in [3.05, 3.63) is 82.6 Å².